The number of rotatable bonds is 6. The lowest BCUT2D eigenvalue weighted by molar-refractivity contribution is 0.0708. The summed E-state index contributed by atoms with van der Waals surface area (Å²) in [5, 5.41) is 3.34. The number of ether oxygens (including phenoxy) is 2. The number of nitrogens with zero attached hydrogens (tertiary/aromatic N) is 1. The van der Waals surface area contributed by atoms with E-state index in [2.05, 4.69) is 26.1 Å². The van der Waals surface area contributed by atoms with Crippen molar-refractivity contribution >= 4 is 18.3 Å². The third kappa shape index (κ3) is 5.56. The second kappa shape index (κ2) is 9.74. The standard InChI is InChI=1S/C18H28N2O3.ClH/c1-13(2)7-10-23-16-6-5-15(11-17(16)22-4)18(21)20-9-8-19-14(3)12-20;/h5-6,11,13-14,19H,7-10,12H2,1-4H3;1H. The monoisotopic (exact) mass is 356 g/mol. The summed E-state index contributed by atoms with van der Waals surface area (Å²) in [6.07, 6.45) is 0.989. The van der Waals surface area contributed by atoms with E-state index >= 15 is 0 Å². The first-order chi connectivity index (χ1) is 11.0. The molecule has 0 aromatic heterocycles. The van der Waals surface area contributed by atoms with E-state index in [9.17, 15) is 4.79 Å². The van der Waals surface area contributed by atoms with Crippen LogP contribution in [0.5, 0.6) is 11.5 Å². The van der Waals surface area contributed by atoms with Crippen LogP contribution in [-0.4, -0.2) is 50.2 Å². The number of carbonyl (C=O) groups is 1. The van der Waals surface area contributed by atoms with E-state index in [0.29, 0.717) is 35.6 Å². The number of halogens is 1. The molecule has 0 spiro atoms. The maximum atomic E-state index is 12.6. The van der Waals surface area contributed by atoms with Crippen molar-refractivity contribution in [2.45, 2.75) is 33.2 Å². The number of benzene rings is 1. The predicted molar refractivity (Wildman–Crippen MR) is 98.6 cm³/mol. The summed E-state index contributed by atoms with van der Waals surface area (Å²) in [7, 11) is 1.60. The average molecular weight is 357 g/mol. The molecule has 5 nitrogen and oxygen atoms in total. The summed E-state index contributed by atoms with van der Waals surface area (Å²) >= 11 is 0. The van der Waals surface area contributed by atoms with Crippen molar-refractivity contribution in [1.29, 1.82) is 0 Å². The van der Waals surface area contributed by atoms with Crippen LogP contribution in [0.4, 0.5) is 0 Å². The molecule has 6 heteroatoms. The highest BCUT2D eigenvalue weighted by atomic mass is 35.5. The predicted octanol–water partition coefficient (Wildman–Crippen LogP) is 2.98. The van der Waals surface area contributed by atoms with Gasteiger partial charge in [0, 0.05) is 31.2 Å². The molecule has 24 heavy (non-hydrogen) atoms. The van der Waals surface area contributed by atoms with Crippen LogP contribution in [0.1, 0.15) is 37.6 Å². The zero-order valence-electron chi connectivity index (χ0n) is 15.0. The highest BCUT2D eigenvalue weighted by Crippen LogP contribution is 2.29. The molecular formula is C18H29ClN2O3. The number of piperazine rings is 1. The summed E-state index contributed by atoms with van der Waals surface area (Å²) < 4.78 is 11.2. The lowest BCUT2D eigenvalue weighted by atomic mass is 10.1. The molecule has 1 aliphatic heterocycles. The molecule has 1 heterocycles. The molecule has 1 amide bonds. The van der Waals surface area contributed by atoms with Gasteiger partial charge in [-0.3, -0.25) is 4.79 Å². The minimum atomic E-state index is 0. The van der Waals surface area contributed by atoms with Crippen LogP contribution in [0.25, 0.3) is 0 Å². The van der Waals surface area contributed by atoms with Crippen LogP contribution in [0.3, 0.4) is 0 Å². The Kier molecular flexibility index (Phi) is 8.36. The molecule has 1 atom stereocenters. The van der Waals surface area contributed by atoms with E-state index in [-0.39, 0.29) is 18.3 Å². The van der Waals surface area contributed by atoms with Gasteiger partial charge in [0.1, 0.15) is 0 Å². The molecule has 1 saturated heterocycles. The Hall–Kier alpha value is -1.46. The minimum Gasteiger partial charge on any atom is -0.493 e. The van der Waals surface area contributed by atoms with Crippen molar-refractivity contribution in [3.63, 3.8) is 0 Å². The fraction of sp³-hybridized carbons (Fsp3) is 0.611. The molecule has 1 aromatic rings. The minimum absolute atomic E-state index is 0. The third-order valence-corrected chi connectivity index (χ3v) is 4.02. The van der Waals surface area contributed by atoms with Crippen molar-refractivity contribution in [3.8, 4) is 11.5 Å². The molecule has 0 bridgehead atoms. The van der Waals surface area contributed by atoms with Gasteiger partial charge in [0.25, 0.3) is 5.91 Å². The highest BCUT2D eigenvalue weighted by molar-refractivity contribution is 5.95. The SMILES string of the molecule is COc1cc(C(=O)N2CCNC(C)C2)ccc1OCCC(C)C.Cl. The van der Waals surface area contributed by atoms with E-state index in [1.54, 1.807) is 13.2 Å². The van der Waals surface area contributed by atoms with Gasteiger partial charge in [0.15, 0.2) is 11.5 Å². The fourth-order valence-electron chi connectivity index (χ4n) is 2.62. The maximum absolute atomic E-state index is 12.6. The lowest BCUT2D eigenvalue weighted by Gasteiger charge is -2.32. The third-order valence-electron chi connectivity index (χ3n) is 4.02. The Morgan fingerprint density at radius 3 is 2.75 bits per heavy atom. The number of amides is 1. The van der Waals surface area contributed by atoms with Crippen molar-refractivity contribution in [2.75, 3.05) is 33.4 Å². The van der Waals surface area contributed by atoms with Crippen molar-refractivity contribution < 1.29 is 14.3 Å². The van der Waals surface area contributed by atoms with Crippen molar-refractivity contribution in [2.24, 2.45) is 5.92 Å². The number of hydrogen-bond acceptors (Lipinski definition) is 4. The number of nitrogens with one attached hydrogen (secondary N) is 1. The van der Waals surface area contributed by atoms with Gasteiger partial charge in [0.2, 0.25) is 0 Å². The molecular weight excluding hydrogens is 328 g/mol. The first-order valence-electron chi connectivity index (χ1n) is 8.34. The summed E-state index contributed by atoms with van der Waals surface area (Å²) in [5.74, 6) is 1.95. The van der Waals surface area contributed by atoms with E-state index in [1.165, 1.54) is 0 Å². The van der Waals surface area contributed by atoms with Crippen molar-refractivity contribution in [1.82, 2.24) is 10.2 Å². The quantitative estimate of drug-likeness (QED) is 0.851. The van der Waals surface area contributed by atoms with Gasteiger partial charge in [-0.1, -0.05) is 13.8 Å². The van der Waals surface area contributed by atoms with Crippen LogP contribution in [0.2, 0.25) is 0 Å². The maximum Gasteiger partial charge on any atom is 0.254 e. The van der Waals surface area contributed by atoms with Gasteiger partial charge in [-0.2, -0.15) is 0 Å². The number of hydrogen-bond donors (Lipinski definition) is 1. The van der Waals surface area contributed by atoms with Crippen LogP contribution < -0.4 is 14.8 Å². The van der Waals surface area contributed by atoms with Crippen LogP contribution in [-0.2, 0) is 0 Å². The highest BCUT2D eigenvalue weighted by Gasteiger charge is 2.22. The largest absolute Gasteiger partial charge is 0.493 e. The van der Waals surface area contributed by atoms with Gasteiger partial charge in [-0.15, -0.1) is 12.4 Å². The fourth-order valence-corrected chi connectivity index (χ4v) is 2.62. The number of methoxy groups -OCH3 is 1. The summed E-state index contributed by atoms with van der Waals surface area (Å²) in [5.41, 5.74) is 0.646. The van der Waals surface area contributed by atoms with Crippen LogP contribution >= 0.6 is 12.4 Å². The second-order valence-electron chi connectivity index (χ2n) is 6.50. The zero-order chi connectivity index (χ0) is 16.8. The first kappa shape index (κ1) is 20.6. The molecule has 0 radical (unpaired) electrons. The van der Waals surface area contributed by atoms with Gasteiger partial charge < -0.3 is 19.7 Å². The zero-order valence-corrected chi connectivity index (χ0v) is 15.8. The second-order valence-corrected chi connectivity index (χ2v) is 6.50. The van der Waals surface area contributed by atoms with E-state index in [1.807, 2.05) is 17.0 Å². The Balaban J connectivity index is 0.00000288. The number of carbonyl (C=O) groups excluding carboxylic acids is 1. The molecule has 1 N–H and O–H groups in total. The Morgan fingerprint density at radius 2 is 2.12 bits per heavy atom. The topological polar surface area (TPSA) is 50.8 Å². The van der Waals surface area contributed by atoms with Crippen molar-refractivity contribution in [3.05, 3.63) is 23.8 Å². The Morgan fingerprint density at radius 1 is 1.38 bits per heavy atom. The van der Waals surface area contributed by atoms with Gasteiger partial charge >= 0.3 is 0 Å². The molecule has 1 aliphatic rings. The van der Waals surface area contributed by atoms with Crippen LogP contribution in [0.15, 0.2) is 18.2 Å². The molecule has 0 aliphatic carbocycles. The summed E-state index contributed by atoms with van der Waals surface area (Å²) in [4.78, 5) is 14.5. The van der Waals surface area contributed by atoms with E-state index in [0.717, 1.165) is 26.1 Å². The molecule has 1 aromatic carbocycles. The van der Waals surface area contributed by atoms with E-state index < -0.39 is 0 Å². The summed E-state index contributed by atoms with van der Waals surface area (Å²) in [6.45, 7) is 9.36. The van der Waals surface area contributed by atoms with Gasteiger partial charge in [-0.05, 0) is 37.5 Å². The molecule has 136 valence electrons. The molecule has 0 saturated carbocycles. The molecule has 2 rings (SSSR count). The Labute approximate surface area is 151 Å². The van der Waals surface area contributed by atoms with E-state index in [4.69, 9.17) is 9.47 Å². The van der Waals surface area contributed by atoms with Crippen LogP contribution in [0, 0.1) is 5.92 Å². The Bertz CT molecular complexity index is 537. The lowest BCUT2D eigenvalue weighted by Crippen LogP contribution is -2.51. The molecule has 1 fully saturated rings. The smallest absolute Gasteiger partial charge is 0.254 e. The van der Waals surface area contributed by atoms with Gasteiger partial charge in [0.05, 0.1) is 13.7 Å². The average Bonchev–Trinajstić information content (AvgIpc) is 2.54. The molecule has 1 unspecified atom stereocenters. The first-order valence-corrected chi connectivity index (χ1v) is 8.34. The van der Waals surface area contributed by atoms with Gasteiger partial charge in [-0.25, -0.2) is 0 Å². The summed E-state index contributed by atoms with van der Waals surface area (Å²) in [6, 6.07) is 5.76. The normalized spacial score (nSPS) is 17.4.